The molecule has 0 aliphatic carbocycles. The second-order valence-corrected chi connectivity index (χ2v) is 6.33. The Morgan fingerprint density at radius 3 is 2.39 bits per heavy atom. The van der Waals surface area contributed by atoms with Crippen LogP contribution in [-0.4, -0.2) is 17.0 Å². The van der Waals surface area contributed by atoms with Crippen LogP contribution in [0.3, 0.4) is 0 Å². The number of aromatic nitrogens is 1. The molecule has 3 rings (SSSR count). The van der Waals surface area contributed by atoms with E-state index in [1.807, 2.05) is 13.8 Å². The number of hydrogen-bond donors (Lipinski definition) is 2. The van der Waals surface area contributed by atoms with Crippen LogP contribution in [0.25, 0.3) is 0 Å². The van der Waals surface area contributed by atoms with E-state index in [0.29, 0.717) is 17.1 Å². The van der Waals surface area contributed by atoms with Crippen molar-refractivity contribution in [3.05, 3.63) is 78.0 Å². The normalized spacial score (nSPS) is 10.6. The van der Waals surface area contributed by atoms with Gasteiger partial charge in [-0.05, 0) is 62.4 Å². The van der Waals surface area contributed by atoms with Crippen LogP contribution in [0.2, 0.25) is 0 Å². The van der Waals surface area contributed by atoms with E-state index in [1.165, 1.54) is 18.3 Å². The Morgan fingerprint density at radius 1 is 1.04 bits per heavy atom. The second-order valence-electron chi connectivity index (χ2n) is 6.33. The lowest BCUT2D eigenvalue weighted by molar-refractivity contribution is 0.102. The predicted molar refractivity (Wildman–Crippen MR) is 104 cm³/mol. The predicted octanol–water partition coefficient (Wildman–Crippen LogP) is 5.14. The summed E-state index contributed by atoms with van der Waals surface area (Å²) >= 11 is 0. The molecule has 0 unspecified atom stereocenters. The summed E-state index contributed by atoms with van der Waals surface area (Å²) in [5.74, 6) is -0.666. The van der Waals surface area contributed by atoms with Gasteiger partial charge in [-0.2, -0.15) is 0 Å². The Balaban J connectivity index is 1.63. The van der Waals surface area contributed by atoms with Crippen molar-refractivity contribution in [3.8, 4) is 5.75 Å². The van der Waals surface area contributed by atoms with Crippen molar-refractivity contribution in [1.29, 1.82) is 0 Å². The van der Waals surface area contributed by atoms with Gasteiger partial charge in [0, 0.05) is 18.0 Å². The van der Waals surface area contributed by atoms with Gasteiger partial charge in [0.05, 0.1) is 17.4 Å². The minimum Gasteiger partial charge on any atom is -0.491 e. The van der Waals surface area contributed by atoms with Gasteiger partial charge in [-0.25, -0.2) is 13.8 Å². The topological polar surface area (TPSA) is 63.2 Å². The summed E-state index contributed by atoms with van der Waals surface area (Å²) in [5, 5.41) is 5.51. The van der Waals surface area contributed by atoms with Gasteiger partial charge in [-0.1, -0.05) is 0 Å². The zero-order valence-corrected chi connectivity index (χ0v) is 15.4. The molecule has 0 saturated carbocycles. The first-order valence-electron chi connectivity index (χ1n) is 8.67. The molecule has 0 saturated heterocycles. The van der Waals surface area contributed by atoms with E-state index in [9.17, 15) is 13.6 Å². The lowest BCUT2D eigenvalue weighted by Crippen LogP contribution is -2.12. The van der Waals surface area contributed by atoms with Crippen LogP contribution in [0.4, 0.5) is 26.0 Å². The van der Waals surface area contributed by atoms with Crippen LogP contribution in [-0.2, 0) is 0 Å². The SMILES string of the molecule is CC(C)Oc1ccc(NC(=O)c2ccc(Nc3ccc(F)cc3F)nc2)cc1. The Hall–Kier alpha value is -3.48. The fourth-order valence-electron chi connectivity index (χ4n) is 2.42. The molecule has 2 N–H and O–H groups in total. The summed E-state index contributed by atoms with van der Waals surface area (Å²) in [6, 6.07) is 13.3. The number of rotatable bonds is 6. The largest absolute Gasteiger partial charge is 0.491 e. The van der Waals surface area contributed by atoms with E-state index < -0.39 is 11.6 Å². The Bertz CT molecular complexity index is 958. The van der Waals surface area contributed by atoms with Crippen molar-refractivity contribution in [2.45, 2.75) is 20.0 Å². The monoisotopic (exact) mass is 383 g/mol. The van der Waals surface area contributed by atoms with Crippen molar-refractivity contribution >= 4 is 23.1 Å². The molecule has 0 atom stereocenters. The number of carbonyl (C=O) groups is 1. The maximum Gasteiger partial charge on any atom is 0.257 e. The van der Waals surface area contributed by atoms with Gasteiger partial charge < -0.3 is 15.4 Å². The number of amides is 1. The minimum atomic E-state index is -0.728. The minimum absolute atomic E-state index is 0.0713. The third-order valence-corrected chi connectivity index (χ3v) is 3.70. The van der Waals surface area contributed by atoms with E-state index in [-0.39, 0.29) is 17.7 Å². The second kappa shape index (κ2) is 8.47. The first-order valence-corrected chi connectivity index (χ1v) is 8.67. The summed E-state index contributed by atoms with van der Waals surface area (Å²) in [6.07, 6.45) is 1.44. The van der Waals surface area contributed by atoms with Gasteiger partial charge in [0.2, 0.25) is 0 Å². The smallest absolute Gasteiger partial charge is 0.257 e. The molecular formula is C21H19F2N3O2. The van der Waals surface area contributed by atoms with Crippen LogP contribution < -0.4 is 15.4 Å². The van der Waals surface area contributed by atoms with Gasteiger partial charge in [0.15, 0.2) is 0 Å². The Morgan fingerprint density at radius 2 is 1.79 bits per heavy atom. The van der Waals surface area contributed by atoms with Crippen LogP contribution in [0, 0.1) is 11.6 Å². The molecular weight excluding hydrogens is 364 g/mol. The lowest BCUT2D eigenvalue weighted by atomic mass is 10.2. The summed E-state index contributed by atoms with van der Waals surface area (Å²) in [6.45, 7) is 3.87. The maximum absolute atomic E-state index is 13.7. The van der Waals surface area contributed by atoms with Crippen molar-refractivity contribution < 1.29 is 18.3 Å². The molecule has 5 nitrogen and oxygen atoms in total. The van der Waals surface area contributed by atoms with Crippen molar-refractivity contribution in [2.24, 2.45) is 0 Å². The van der Waals surface area contributed by atoms with E-state index in [4.69, 9.17) is 4.74 Å². The molecule has 0 aliphatic rings. The number of nitrogens with zero attached hydrogens (tertiary/aromatic N) is 1. The number of carbonyl (C=O) groups excluding carboxylic acids is 1. The van der Waals surface area contributed by atoms with Gasteiger partial charge in [-0.15, -0.1) is 0 Å². The van der Waals surface area contributed by atoms with Gasteiger partial charge >= 0.3 is 0 Å². The third-order valence-electron chi connectivity index (χ3n) is 3.70. The molecule has 1 heterocycles. The molecule has 0 bridgehead atoms. The van der Waals surface area contributed by atoms with Crippen molar-refractivity contribution in [2.75, 3.05) is 10.6 Å². The first kappa shape index (κ1) is 19.3. The Labute approximate surface area is 161 Å². The summed E-state index contributed by atoms with van der Waals surface area (Å²) < 4.78 is 32.2. The fraction of sp³-hybridized carbons (Fsp3) is 0.143. The van der Waals surface area contributed by atoms with Gasteiger partial charge in [0.1, 0.15) is 23.2 Å². The number of ether oxygens (including phenoxy) is 1. The van der Waals surface area contributed by atoms with Crippen LogP contribution >= 0.6 is 0 Å². The van der Waals surface area contributed by atoms with Crippen molar-refractivity contribution in [3.63, 3.8) is 0 Å². The third kappa shape index (κ3) is 5.03. The van der Waals surface area contributed by atoms with Gasteiger partial charge in [0.25, 0.3) is 5.91 Å². The number of benzene rings is 2. The summed E-state index contributed by atoms with van der Waals surface area (Å²) in [4.78, 5) is 16.4. The molecule has 1 aromatic heterocycles. The van der Waals surface area contributed by atoms with Crippen LogP contribution in [0.5, 0.6) is 5.75 Å². The van der Waals surface area contributed by atoms with Crippen LogP contribution in [0.15, 0.2) is 60.8 Å². The molecule has 0 spiro atoms. The number of anilines is 3. The van der Waals surface area contributed by atoms with E-state index >= 15 is 0 Å². The summed E-state index contributed by atoms with van der Waals surface area (Å²) in [7, 11) is 0. The molecule has 3 aromatic rings. The van der Waals surface area contributed by atoms with Crippen molar-refractivity contribution in [1.82, 2.24) is 4.98 Å². The quantitative estimate of drug-likeness (QED) is 0.618. The van der Waals surface area contributed by atoms with E-state index in [0.717, 1.165) is 17.9 Å². The molecule has 7 heteroatoms. The average Bonchev–Trinajstić information content (AvgIpc) is 2.66. The zero-order valence-electron chi connectivity index (χ0n) is 15.4. The molecule has 0 aliphatic heterocycles. The van der Waals surface area contributed by atoms with Gasteiger partial charge in [-0.3, -0.25) is 4.79 Å². The number of pyridine rings is 1. The standard InChI is InChI=1S/C21H19F2N3O2/c1-13(2)28-17-7-5-16(6-8-17)25-21(27)14-3-10-20(24-12-14)26-19-9-4-15(22)11-18(19)23/h3-13H,1-2H3,(H,24,26)(H,25,27). The van der Waals surface area contributed by atoms with E-state index in [1.54, 1.807) is 30.3 Å². The first-order chi connectivity index (χ1) is 13.4. The highest BCUT2D eigenvalue weighted by Gasteiger charge is 2.09. The molecule has 2 aromatic carbocycles. The molecule has 144 valence electrons. The highest BCUT2D eigenvalue weighted by molar-refractivity contribution is 6.04. The Kier molecular flexibility index (Phi) is 5.84. The fourth-order valence-corrected chi connectivity index (χ4v) is 2.42. The molecule has 28 heavy (non-hydrogen) atoms. The molecule has 1 amide bonds. The maximum atomic E-state index is 13.7. The number of halogens is 2. The average molecular weight is 383 g/mol. The molecule has 0 radical (unpaired) electrons. The van der Waals surface area contributed by atoms with E-state index in [2.05, 4.69) is 15.6 Å². The zero-order chi connectivity index (χ0) is 20.1. The highest BCUT2D eigenvalue weighted by Crippen LogP contribution is 2.20. The lowest BCUT2D eigenvalue weighted by Gasteiger charge is -2.11. The number of nitrogens with one attached hydrogen (secondary N) is 2. The highest BCUT2D eigenvalue weighted by atomic mass is 19.1. The summed E-state index contributed by atoms with van der Waals surface area (Å²) in [5.41, 5.74) is 1.05. The van der Waals surface area contributed by atoms with Crippen LogP contribution in [0.1, 0.15) is 24.2 Å². The number of hydrogen-bond acceptors (Lipinski definition) is 4. The molecule has 0 fully saturated rings.